The van der Waals surface area contributed by atoms with Crippen LogP contribution in [0.2, 0.25) is 5.02 Å². The van der Waals surface area contributed by atoms with Crippen LogP contribution in [0.4, 0.5) is 0 Å². The summed E-state index contributed by atoms with van der Waals surface area (Å²) in [7, 11) is 0. The first-order chi connectivity index (χ1) is 18.0. The maximum absolute atomic E-state index is 13.9. The van der Waals surface area contributed by atoms with Crippen molar-refractivity contribution in [2.24, 2.45) is 28.3 Å². The normalized spacial score (nSPS) is 20.0. The monoisotopic (exact) mass is 516 g/mol. The van der Waals surface area contributed by atoms with Gasteiger partial charge in [0.05, 0.1) is 10.6 Å². The van der Waals surface area contributed by atoms with Crippen LogP contribution in [0.5, 0.6) is 0 Å². The van der Waals surface area contributed by atoms with Crippen LogP contribution in [-0.2, 0) is 0 Å². The van der Waals surface area contributed by atoms with E-state index >= 15 is 0 Å². The highest BCUT2D eigenvalue weighted by Gasteiger charge is 2.29. The predicted molar refractivity (Wildman–Crippen MR) is 154 cm³/mol. The number of nitrogens with zero attached hydrogens (tertiary/aromatic N) is 2. The van der Waals surface area contributed by atoms with Crippen LogP contribution in [0.25, 0.3) is 0 Å². The number of allylic oxidation sites excluding steroid dienone is 5. The van der Waals surface area contributed by atoms with Crippen molar-refractivity contribution in [3.63, 3.8) is 0 Å². The number of nitrogens with two attached hydrogens (primary N) is 2. The van der Waals surface area contributed by atoms with E-state index in [0.717, 1.165) is 32.1 Å². The fraction of sp³-hybridized carbons (Fsp3) is 0.355. The fourth-order valence-electron chi connectivity index (χ4n) is 5.38. The van der Waals surface area contributed by atoms with E-state index in [1.165, 1.54) is 11.1 Å². The molecule has 194 valence electrons. The molecule has 4 rings (SSSR count). The van der Waals surface area contributed by atoms with E-state index in [-0.39, 0.29) is 17.8 Å². The van der Waals surface area contributed by atoms with Gasteiger partial charge in [0.25, 0.3) is 5.91 Å². The Balaban J connectivity index is 1.58. The molecule has 0 heterocycles. The van der Waals surface area contributed by atoms with Crippen LogP contribution < -0.4 is 11.5 Å². The zero-order chi connectivity index (χ0) is 26.0. The molecule has 4 N–H and O–H groups in total. The maximum Gasteiger partial charge on any atom is 0.255 e. The van der Waals surface area contributed by atoms with Gasteiger partial charge in [-0.3, -0.25) is 9.79 Å². The second-order valence-corrected chi connectivity index (χ2v) is 10.5. The van der Waals surface area contributed by atoms with E-state index in [9.17, 15) is 4.79 Å². The summed E-state index contributed by atoms with van der Waals surface area (Å²) in [6.45, 7) is 2.00. The second kappa shape index (κ2) is 13.3. The number of hydrogen-bond donors (Lipinski definition) is 2. The molecule has 0 bridgehead atoms. The Morgan fingerprint density at radius 1 is 0.946 bits per heavy atom. The highest BCUT2D eigenvalue weighted by Crippen LogP contribution is 2.33. The summed E-state index contributed by atoms with van der Waals surface area (Å²) in [6, 6.07) is 17.9. The largest absolute Gasteiger partial charge is 0.370 e. The molecule has 1 amide bonds. The van der Waals surface area contributed by atoms with Gasteiger partial charge in [0.15, 0.2) is 5.96 Å². The molecule has 0 radical (unpaired) electrons. The Morgan fingerprint density at radius 2 is 1.65 bits per heavy atom. The van der Waals surface area contributed by atoms with Gasteiger partial charge in [-0.05, 0) is 61.6 Å². The molecule has 1 unspecified atom stereocenters. The van der Waals surface area contributed by atoms with Crippen molar-refractivity contribution >= 4 is 23.5 Å². The first-order valence-electron chi connectivity index (χ1n) is 13.2. The van der Waals surface area contributed by atoms with Gasteiger partial charge in [-0.25, -0.2) is 0 Å². The quantitative estimate of drug-likeness (QED) is 0.312. The zero-order valence-corrected chi connectivity index (χ0v) is 22.1. The summed E-state index contributed by atoms with van der Waals surface area (Å²) in [5, 5.41) is 0.495. The maximum atomic E-state index is 13.9. The molecule has 37 heavy (non-hydrogen) atoms. The number of rotatable bonds is 9. The number of carbonyl (C=O) groups is 1. The number of aliphatic imine (C=N–C) groups is 1. The molecular weight excluding hydrogens is 480 g/mol. The minimum atomic E-state index is -0.00512. The molecule has 2 aromatic carbocycles. The van der Waals surface area contributed by atoms with Crippen LogP contribution in [0.1, 0.15) is 53.9 Å². The van der Waals surface area contributed by atoms with Gasteiger partial charge in [0.2, 0.25) is 0 Å². The molecule has 6 heteroatoms. The van der Waals surface area contributed by atoms with Gasteiger partial charge in [0.1, 0.15) is 0 Å². The first kappa shape index (κ1) is 26.7. The molecule has 2 aliphatic carbocycles. The summed E-state index contributed by atoms with van der Waals surface area (Å²) in [4.78, 5) is 20.2. The number of benzene rings is 2. The van der Waals surface area contributed by atoms with Gasteiger partial charge in [-0.15, -0.1) is 0 Å². The average Bonchev–Trinajstić information content (AvgIpc) is 3.20. The standard InChI is InChI=1S/C31H37ClN4O/c32-29-15-9-8-14-27(29)30(37)36(21-24-18-16-23(17-19-24)20-35-31(33)34)22-28(26-12-6-3-7-13-26)25-10-4-1-2-5-11-25/h1-10,12-15,23-24,28H,11,16-22H2,(H4,33,34,35). The number of halogens is 1. The van der Waals surface area contributed by atoms with Crippen molar-refractivity contribution in [2.75, 3.05) is 19.6 Å². The van der Waals surface area contributed by atoms with Gasteiger partial charge < -0.3 is 16.4 Å². The summed E-state index contributed by atoms with van der Waals surface area (Å²) in [5.74, 6) is 1.18. The Bertz CT molecular complexity index is 1160. The molecule has 0 aromatic heterocycles. The van der Waals surface area contributed by atoms with Crippen LogP contribution in [0.3, 0.4) is 0 Å². The van der Waals surface area contributed by atoms with E-state index in [0.29, 0.717) is 42.1 Å². The molecule has 5 nitrogen and oxygen atoms in total. The average molecular weight is 517 g/mol. The molecule has 1 atom stereocenters. The smallest absolute Gasteiger partial charge is 0.255 e. The molecule has 2 aromatic rings. The van der Waals surface area contributed by atoms with Crippen molar-refractivity contribution in [2.45, 2.75) is 38.0 Å². The molecular formula is C31H37ClN4O. The SMILES string of the molecule is NC(N)=NCC1CCC(CN(CC(C2=CC=CC=CC2)c2ccccc2)C(=O)c2ccccc2Cl)CC1. The van der Waals surface area contributed by atoms with Crippen molar-refractivity contribution < 1.29 is 4.79 Å². The van der Waals surface area contributed by atoms with Gasteiger partial charge >= 0.3 is 0 Å². The number of carbonyl (C=O) groups excluding carboxylic acids is 1. The lowest BCUT2D eigenvalue weighted by Gasteiger charge is -2.35. The third kappa shape index (κ3) is 7.59. The number of hydrogen-bond acceptors (Lipinski definition) is 2. The van der Waals surface area contributed by atoms with Crippen LogP contribution in [0, 0.1) is 11.8 Å². The molecule has 2 aliphatic rings. The second-order valence-electron chi connectivity index (χ2n) is 10.1. The van der Waals surface area contributed by atoms with Crippen molar-refractivity contribution in [1.29, 1.82) is 0 Å². The third-order valence-corrected chi connectivity index (χ3v) is 7.77. The van der Waals surface area contributed by atoms with Crippen molar-refractivity contribution in [3.05, 3.63) is 107 Å². The summed E-state index contributed by atoms with van der Waals surface area (Å²) in [6.07, 6.45) is 15.7. The highest BCUT2D eigenvalue weighted by molar-refractivity contribution is 6.33. The zero-order valence-electron chi connectivity index (χ0n) is 21.3. The lowest BCUT2D eigenvalue weighted by atomic mass is 9.81. The van der Waals surface area contributed by atoms with Gasteiger partial charge in [-0.2, -0.15) is 0 Å². The van der Waals surface area contributed by atoms with Crippen LogP contribution >= 0.6 is 11.6 Å². The third-order valence-electron chi connectivity index (χ3n) is 7.44. The fourth-order valence-corrected chi connectivity index (χ4v) is 5.60. The summed E-state index contributed by atoms with van der Waals surface area (Å²) < 4.78 is 0. The highest BCUT2D eigenvalue weighted by atomic mass is 35.5. The number of guanidine groups is 1. The number of amides is 1. The Labute approximate surface area is 225 Å². The van der Waals surface area contributed by atoms with E-state index in [4.69, 9.17) is 23.1 Å². The van der Waals surface area contributed by atoms with E-state index in [1.54, 1.807) is 6.07 Å². The van der Waals surface area contributed by atoms with E-state index in [1.807, 2.05) is 29.2 Å². The Kier molecular flexibility index (Phi) is 9.61. The van der Waals surface area contributed by atoms with Crippen molar-refractivity contribution in [1.82, 2.24) is 4.90 Å². The summed E-state index contributed by atoms with van der Waals surface area (Å²) in [5.41, 5.74) is 14.1. The molecule has 0 aliphatic heterocycles. The molecule has 1 fully saturated rings. The van der Waals surface area contributed by atoms with Gasteiger partial charge in [-0.1, -0.05) is 90.0 Å². The Morgan fingerprint density at radius 3 is 2.38 bits per heavy atom. The van der Waals surface area contributed by atoms with Crippen LogP contribution in [-0.4, -0.2) is 36.4 Å². The van der Waals surface area contributed by atoms with Gasteiger partial charge in [0, 0.05) is 25.6 Å². The summed E-state index contributed by atoms with van der Waals surface area (Å²) >= 11 is 6.50. The van der Waals surface area contributed by atoms with Crippen LogP contribution in [0.15, 0.2) is 95.5 Å². The lowest BCUT2D eigenvalue weighted by molar-refractivity contribution is 0.0699. The molecule has 0 saturated heterocycles. The van der Waals surface area contributed by atoms with Crippen molar-refractivity contribution in [3.8, 4) is 0 Å². The first-order valence-corrected chi connectivity index (χ1v) is 13.6. The van der Waals surface area contributed by atoms with E-state index < -0.39 is 0 Å². The minimum absolute atomic E-state index is 0.00512. The molecule has 0 spiro atoms. The minimum Gasteiger partial charge on any atom is -0.370 e. The van der Waals surface area contributed by atoms with E-state index in [2.05, 4.69) is 59.6 Å². The molecule has 1 saturated carbocycles. The Hall–Kier alpha value is -3.31. The topological polar surface area (TPSA) is 84.7 Å². The predicted octanol–water partition coefficient (Wildman–Crippen LogP) is 6.09. The lowest BCUT2D eigenvalue weighted by Crippen LogP contribution is -2.40.